The summed E-state index contributed by atoms with van der Waals surface area (Å²) >= 11 is 0. The maximum atomic E-state index is 5.21. The standard InChI is InChI=1S/C9H17NO/c1-10-8-4-3-7(5-8)9(10)6-11-2/h7-9H,3-6H2,1-2H3/t7-,8+,9-/m1/s1. The Balaban J connectivity index is 2.00. The summed E-state index contributed by atoms with van der Waals surface area (Å²) < 4.78 is 5.21. The Morgan fingerprint density at radius 2 is 2.27 bits per heavy atom. The van der Waals surface area contributed by atoms with Crippen molar-refractivity contribution in [2.45, 2.75) is 31.3 Å². The van der Waals surface area contributed by atoms with Crippen molar-refractivity contribution in [3.63, 3.8) is 0 Å². The topological polar surface area (TPSA) is 12.5 Å². The fourth-order valence-corrected chi connectivity index (χ4v) is 2.74. The molecule has 2 rings (SSSR count). The molecular weight excluding hydrogens is 138 g/mol. The van der Waals surface area contributed by atoms with Crippen LogP contribution >= 0.6 is 0 Å². The van der Waals surface area contributed by atoms with E-state index < -0.39 is 0 Å². The molecule has 1 aliphatic carbocycles. The minimum atomic E-state index is 0.721. The Labute approximate surface area is 68.5 Å². The van der Waals surface area contributed by atoms with Gasteiger partial charge < -0.3 is 4.74 Å². The zero-order chi connectivity index (χ0) is 7.84. The van der Waals surface area contributed by atoms with Crippen LogP contribution in [0.1, 0.15) is 19.3 Å². The van der Waals surface area contributed by atoms with Gasteiger partial charge in [-0.3, -0.25) is 4.90 Å². The molecule has 0 aromatic rings. The smallest absolute Gasteiger partial charge is 0.0620 e. The second-order valence-electron chi connectivity index (χ2n) is 3.92. The Bertz CT molecular complexity index is 146. The number of ether oxygens (including phenoxy) is 1. The highest BCUT2D eigenvalue weighted by molar-refractivity contribution is 4.97. The van der Waals surface area contributed by atoms with Gasteiger partial charge in [0.2, 0.25) is 0 Å². The summed E-state index contributed by atoms with van der Waals surface area (Å²) in [5.74, 6) is 0.935. The Hall–Kier alpha value is -0.0800. The molecule has 2 nitrogen and oxygen atoms in total. The van der Waals surface area contributed by atoms with Gasteiger partial charge in [-0.2, -0.15) is 0 Å². The number of hydrogen-bond acceptors (Lipinski definition) is 2. The van der Waals surface area contributed by atoms with Gasteiger partial charge in [0.15, 0.2) is 0 Å². The van der Waals surface area contributed by atoms with E-state index in [2.05, 4.69) is 11.9 Å². The van der Waals surface area contributed by atoms with Crippen molar-refractivity contribution in [1.82, 2.24) is 4.90 Å². The number of methoxy groups -OCH3 is 1. The van der Waals surface area contributed by atoms with Gasteiger partial charge in [-0.1, -0.05) is 0 Å². The van der Waals surface area contributed by atoms with Crippen LogP contribution in [0.3, 0.4) is 0 Å². The predicted molar refractivity (Wildman–Crippen MR) is 44.6 cm³/mol. The first-order valence-corrected chi connectivity index (χ1v) is 4.54. The second-order valence-corrected chi connectivity index (χ2v) is 3.92. The Kier molecular flexibility index (Phi) is 1.90. The fraction of sp³-hybridized carbons (Fsp3) is 1.00. The van der Waals surface area contributed by atoms with Crippen molar-refractivity contribution in [2.75, 3.05) is 20.8 Å². The zero-order valence-corrected chi connectivity index (χ0v) is 7.42. The molecule has 1 saturated heterocycles. The average molecular weight is 155 g/mol. The highest BCUT2D eigenvalue weighted by Crippen LogP contribution is 2.41. The van der Waals surface area contributed by atoms with Gasteiger partial charge in [-0.05, 0) is 32.2 Å². The van der Waals surface area contributed by atoms with Crippen LogP contribution in [0.2, 0.25) is 0 Å². The van der Waals surface area contributed by atoms with Gasteiger partial charge in [0, 0.05) is 19.2 Å². The van der Waals surface area contributed by atoms with Crippen molar-refractivity contribution in [2.24, 2.45) is 5.92 Å². The van der Waals surface area contributed by atoms with Crippen molar-refractivity contribution in [1.29, 1.82) is 0 Å². The monoisotopic (exact) mass is 155 g/mol. The first-order chi connectivity index (χ1) is 5.33. The first kappa shape index (κ1) is 7.56. The summed E-state index contributed by atoms with van der Waals surface area (Å²) in [6, 6.07) is 1.60. The molecule has 0 N–H and O–H groups in total. The number of rotatable bonds is 2. The molecule has 1 heterocycles. The molecule has 11 heavy (non-hydrogen) atoms. The first-order valence-electron chi connectivity index (χ1n) is 4.54. The average Bonchev–Trinajstić information content (AvgIpc) is 2.54. The summed E-state index contributed by atoms with van der Waals surface area (Å²) in [4.78, 5) is 2.51. The van der Waals surface area contributed by atoms with Crippen LogP contribution < -0.4 is 0 Å². The summed E-state index contributed by atoms with van der Waals surface area (Å²) in [7, 11) is 4.05. The molecule has 0 radical (unpaired) electrons. The van der Waals surface area contributed by atoms with Gasteiger partial charge in [-0.15, -0.1) is 0 Å². The number of fused-ring (bicyclic) bond motifs is 2. The molecule has 2 bridgehead atoms. The number of likely N-dealkylation sites (tertiary alicyclic amines) is 1. The summed E-state index contributed by atoms with van der Waals surface area (Å²) in [6.07, 6.45) is 4.27. The van der Waals surface area contributed by atoms with Gasteiger partial charge in [0.05, 0.1) is 6.61 Å². The highest BCUT2D eigenvalue weighted by Gasteiger charge is 2.43. The molecule has 1 saturated carbocycles. The van der Waals surface area contributed by atoms with Crippen molar-refractivity contribution < 1.29 is 4.74 Å². The van der Waals surface area contributed by atoms with E-state index in [0.717, 1.165) is 24.6 Å². The minimum Gasteiger partial charge on any atom is -0.383 e. The SMILES string of the molecule is COC[C@@H]1[C@@H]2CC[C@@H](C2)N1C. The lowest BCUT2D eigenvalue weighted by atomic mass is 10.00. The van der Waals surface area contributed by atoms with E-state index in [1.165, 1.54) is 19.3 Å². The molecule has 3 atom stereocenters. The van der Waals surface area contributed by atoms with E-state index in [0.29, 0.717) is 0 Å². The number of nitrogens with zero attached hydrogens (tertiary/aromatic N) is 1. The largest absolute Gasteiger partial charge is 0.383 e. The lowest BCUT2D eigenvalue weighted by molar-refractivity contribution is 0.0778. The molecule has 2 fully saturated rings. The predicted octanol–water partition coefficient (Wildman–Crippen LogP) is 1.12. The van der Waals surface area contributed by atoms with Crippen molar-refractivity contribution in [3.8, 4) is 0 Å². The molecule has 0 unspecified atom stereocenters. The summed E-state index contributed by atoms with van der Waals surface area (Å²) in [5, 5.41) is 0. The van der Waals surface area contributed by atoms with Gasteiger partial charge in [-0.25, -0.2) is 0 Å². The summed E-state index contributed by atoms with van der Waals surface area (Å²) in [6.45, 7) is 0.928. The molecule has 0 amide bonds. The molecule has 2 heteroatoms. The Morgan fingerprint density at radius 1 is 1.45 bits per heavy atom. The fourth-order valence-electron chi connectivity index (χ4n) is 2.74. The quantitative estimate of drug-likeness (QED) is 0.592. The third-order valence-corrected chi connectivity index (χ3v) is 3.43. The third-order valence-electron chi connectivity index (χ3n) is 3.43. The van der Waals surface area contributed by atoms with E-state index in [1.54, 1.807) is 7.11 Å². The van der Waals surface area contributed by atoms with E-state index in [-0.39, 0.29) is 0 Å². The maximum Gasteiger partial charge on any atom is 0.0620 e. The normalized spacial score (nSPS) is 43.6. The molecular formula is C9H17NO. The highest BCUT2D eigenvalue weighted by atomic mass is 16.5. The second kappa shape index (κ2) is 2.76. The Morgan fingerprint density at radius 3 is 2.82 bits per heavy atom. The van der Waals surface area contributed by atoms with E-state index in [9.17, 15) is 0 Å². The van der Waals surface area contributed by atoms with E-state index >= 15 is 0 Å². The lowest BCUT2D eigenvalue weighted by Crippen LogP contribution is -2.40. The van der Waals surface area contributed by atoms with E-state index in [4.69, 9.17) is 4.74 Å². The molecule has 64 valence electrons. The number of hydrogen-bond donors (Lipinski definition) is 0. The minimum absolute atomic E-state index is 0.721. The van der Waals surface area contributed by atoms with Crippen LogP contribution in [0.25, 0.3) is 0 Å². The van der Waals surface area contributed by atoms with Crippen LogP contribution in [0, 0.1) is 5.92 Å². The van der Waals surface area contributed by atoms with Crippen LogP contribution in [0.15, 0.2) is 0 Å². The molecule has 1 aliphatic heterocycles. The molecule has 2 aliphatic rings. The van der Waals surface area contributed by atoms with Crippen LogP contribution in [0.5, 0.6) is 0 Å². The molecule has 0 aromatic carbocycles. The van der Waals surface area contributed by atoms with E-state index in [1.807, 2.05) is 0 Å². The maximum absolute atomic E-state index is 5.21. The van der Waals surface area contributed by atoms with Crippen LogP contribution in [0.4, 0.5) is 0 Å². The van der Waals surface area contributed by atoms with Crippen LogP contribution in [-0.4, -0.2) is 37.7 Å². The van der Waals surface area contributed by atoms with Crippen LogP contribution in [-0.2, 0) is 4.74 Å². The third kappa shape index (κ3) is 1.09. The summed E-state index contributed by atoms with van der Waals surface area (Å²) in [5.41, 5.74) is 0. The van der Waals surface area contributed by atoms with Gasteiger partial charge >= 0.3 is 0 Å². The number of piperidine rings is 1. The number of likely N-dealkylation sites (N-methyl/N-ethyl adjacent to an activating group) is 1. The van der Waals surface area contributed by atoms with Gasteiger partial charge in [0.25, 0.3) is 0 Å². The van der Waals surface area contributed by atoms with Crippen molar-refractivity contribution in [3.05, 3.63) is 0 Å². The zero-order valence-electron chi connectivity index (χ0n) is 7.42. The molecule has 0 aromatic heterocycles. The van der Waals surface area contributed by atoms with Gasteiger partial charge in [0.1, 0.15) is 0 Å². The lowest BCUT2D eigenvalue weighted by Gasteiger charge is -2.31. The van der Waals surface area contributed by atoms with Crippen molar-refractivity contribution >= 4 is 0 Å². The molecule has 0 spiro atoms.